The molecule has 0 saturated heterocycles. The summed E-state index contributed by atoms with van der Waals surface area (Å²) < 4.78 is -0.270. The van der Waals surface area contributed by atoms with Crippen LogP contribution < -0.4 is 5.73 Å². The third kappa shape index (κ3) is 4.64. The minimum Gasteiger partial charge on any atom is -0.320 e. The van der Waals surface area contributed by atoms with Crippen molar-refractivity contribution in [3.63, 3.8) is 0 Å². The molecule has 0 aliphatic heterocycles. The average Bonchev–Trinajstić information content (AvgIpc) is 2.33. The summed E-state index contributed by atoms with van der Waals surface area (Å²) in [6, 6.07) is 8.01. The smallest absolute Gasteiger partial charge is 0.156 e. The highest BCUT2D eigenvalue weighted by Gasteiger charge is 2.37. The summed E-state index contributed by atoms with van der Waals surface area (Å²) in [7, 11) is 0. The number of hydrogen-bond donors (Lipinski definition) is 1. The van der Waals surface area contributed by atoms with Gasteiger partial charge in [0.25, 0.3) is 0 Å². The van der Waals surface area contributed by atoms with E-state index < -0.39 is 6.04 Å². The maximum Gasteiger partial charge on any atom is 0.156 e. The number of hydrogen-bond acceptors (Lipinski definition) is 3. The van der Waals surface area contributed by atoms with Gasteiger partial charge in [0.05, 0.1) is 6.04 Å². The molecule has 2 N–H and O–H groups in total. The van der Waals surface area contributed by atoms with Crippen molar-refractivity contribution in [2.45, 2.75) is 58.1 Å². The highest BCUT2D eigenvalue weighted by atomic mass is 32.2. The number of carbonyl (C=O) groups excluding carboxylic acids is 1. The van der Waals surface area contributed by atoms with E-state index in [1.54, 1.807) is 11.8 Å². The van der Waals surface area contributed by atoms with Gasteiger partial charge in [0.15, 0.2) is 5.78 Å². The third-order valence-electron chi connectivity index (χ3n) is 3.46. The Balaban J connectivity index is 2.72. The van der Waals surface area contributed by atoms with E-state index in [0.717, 1.165) is 5.75 Å². The van der Waals surface area contributed by atoms with Crippen LogP contribution in [0.15, 0.2) is 24.3 Å². The molecule has 1 atom stereocenters. The van der Waals surface area contributed by atoms with Crippen LogP contribution in [-0.2, 0) is 10.5 Å². The second-order valence-corrected chi connectivity index (χ2v) is 8.60. The average molecular weight is 293 g/mol. The molecule has 0 heterocycles. The molecule has 0 aliphatic carbocycles. The summed E-state index contributed by atoms with van der Waals surface area (Å²) >= 11 is 1.75. The lowest BCUT2D eigenvalue weighted by Gasteiger charge is -2.34. The monoisotopic (exact) mass is 293 g/mol. The Bertz CT molecular complexity index is 474. The number of nitrogens with two attached hydrogens (primary N) is 1. The second-order valence-electron chi connectivity index (χ2n) is 6.97. The first-order chi connectivity index (χ1) is 9.04. The van der Waals surface area contributed by atoms with Gasteiger partial charge in [-0.2, -0.15) is 0 Å². The molecule has 1 unspecified atom stereocenters. The van der Waals surface area contributed by atoms with Gasteiger partial charge in [-0.25, -0.2) is 0 Å². The molecule has 1 aromatic rings. The summed E-state index contributed by atoms with van der Waals surface area (Å²) in [5, 5.41) is 0. The highest BCUT2D eigenvalue weighted by Crippen LogP contribution is 2.33. The van der Waals surface area contributed by atoms with Gasteiger partial charge in [-0.05, 0) is 26.3 Å². The molecule has 0 aliphatic rings. The van der Waals surface area contributed by atoms with Crippen molar-refractivity contribution >= 4 is 17.5 Å². The van der Waals surface area contributed by atoms with Crippen LogP contribution in [0.4, 0.5) is 0 Å². The fraction of sp³-hybridized carbons (Fsp3) is 0.588. The van der Waals surface area contributed by atoms with E-state index in [9.17, 15) is 4.79 Å². The zero-order chi connectivity index (χ0) is 15.6. The molecule has 0 saturated carbocycles. The summed E-state index contributed by atoms with van der Waals surface area (Å²) in [5.41, 5.74) is 8.35. The van der Waals surface area contributed by atoms with Gasteiger partial charge >= 0.3 is 0 Å². The van der Waals surface area contributed by atoms with Crippen molar-refractivity contribution in [2.75, 3.05) is 0 Å². The van der Waals surface area contributed by atoms with Crippen LogP contribution in [0.25, 0.3) is 0 Å². The van der Waals surface area contributed by atoms with Gasteiger partial charge in [-0.15, -0.1) is 11.8 Å². The lowest BCUT2D eigenvalue weighted by molar-refractivity contribution is -0.128. The Morgan fingerprint density at radius 2 is 1.85 bits per heavy atom. The van der Waals surface area contributed by atoms with Gasteiger partial charge in [-0.3, -0.25) is 4.79 Å². The summed E-state index contributed by atoms with van der Waals surface area (Å²) in [6.45, 7) is 12.0. The van der Waals surface area contributed by atoms with Gasteiger partial charge in [0.1, 0.15) is 0 Å². The molecule has 112 valence electrons. The molecule has 0 radical (unpaired) electrons. The standard InChI is InChI=1S/C17H27NOS/c1-12-8-7-9-13(10-12)11-20-17(5,6)14(18)15(19)16(2,3)4/h7-10,14H,11,18H2,1-6H3. The molecule has 0 spiro atoms. The Kier molecular flexibility index (Phi) is 5.45. The van der Waals surface area contributed by atoms with Gasteiger partial charge in [0.2, 0.25) is 0 Å². The molecule has 1 aromatic carbocycles. The third-order valence-corrected chi connectivity index (χ3v) is 4.94. The van der Waals surface area contributed by atoms with Crippen LogP contribution in [0, 0.1) is 12.3 Å². The molecule has 0 aromatic heterocycles. The highest BCUT2D eigenvalue weighted by molar-refractivity contribution is 7.99. The minimum atomic E-state index is -0.447. The predicted molar refractivity (Wildman–Crippen MR) is 89.0 cm³/mol. The van der Waals surface area contributed by atoms with E-state index in [4.69, 9.17) is 5.73 Å². The molecular formula is C17H27NOS. The number of thioether (sulfide) groups is 1. The van der Waals surface area contributed by atoms with Crippen molar-refractivity contribution in [3.8, 4) is 0 Å². The molecule has 3 heteroatoms. The van der Waals surface area contributed by atoms with Crippen molar-refractivity contribution < 1.29 is 4.79 Å². The van der Waals surface area contributed by atoms with E-state index in [0.29, 0.717) is 0 Å². The number of carbonyl (C=O) groups is 1. The molecule has 20 heavy (non-hydrogen) atoms. The van der Waals surface area contributed by atoms with E-state index in [-0.39, 0.29) is 15.9 Å². The summed E-state index contributed by atoms with van der Waals surface area (Å²) in [5.74, 6) is 0.999. The Labute approximate surface area is 127 Å². The first kappa shape index (κ1) is 17.3. The number of Topliss-reactive ketones (excluding diaryl/α,β-unsaturated/α-hetero) is 1. The largest absolute Gasteiger partial charge is 0.320 e. The van der Waals surface area contributed by atoms with Gasteiger partial charge < -0.3 is 5.73 Å². The zero-order valence-electron chi connectivity index (χ0n) is 13.5. The Morgan fingerprint density at radius 1 is 1.25 bits per heavy atom. The molecule has 0 fully saturated rings. The van der Waals surface area contributed by atoms with E-state index in [2.05, 4.69) is 45.0 Å². The van der Waals surface area contributed by atoms with E-state index in [1.807, 2.05) is 20.8 Å². The zero-order valence-corrected chi connectivity index (χ0v) is 14.3. The lowest BCUT2D eigenvalue weighted by atomic mass is 9.82. The Hall–Kier alpha value is -0.800. The van der Waals surface area contributed by atoms with Crippen molar-refractivity contribution in [1.29, 1.82) is 0 Å². The summed E-state index contributed by atoms with van der Waals surface area (Å²) in [4.78, 5) is 12.3. The van der Waals surface area contributed by atoms with Crippen molar-refractivity contribution in [3.05, 3.63) is 35.4 Å². The quantitative estimate of drug-likeness (QED) is 0.894. The number of benzene rings is 1. The molecular weight excluding hydrogens is 266 g/mol. The van der Waals surface area contributed by atoms with Crippen LogP contribution in [0.5, 0.6) is 0 Å². The fourth-order valence-electron chi connectivity index (χ4n) is 1.94. The normalized spacial score (nSPS) is 14.2. The molecule has 0 bridgehead atoms. The number of rotatable bonds is 5. The van der Waals surface area contributed by atoms with E-state index in [1.165, 1.54) is 11.1 Å². The first-order valence-corrected chi connectivity index (χ1v) is 8.02. The molecule has 2 nitrogen and oxygen atoms in total. The first-order valence-electron chi connectivity index (χ1n) is 7.03. The number of aryl methyl sites for hydroxylation is 1. The van der Waals surface area contributed by atoms with Crippen LogP contribution in [-0.4, -0.2) is 16.6 Å². The van der Waals surface area contributed by atoms with Gasteiger partial charge in [-0.1, -0.05) is 50.6 Å². The van der Waals surface area contributed by atoms with Crippen LogP contribution in [0.1, 0.15) is 45.7 Å². The topological polar surface area (TPSA) is 43.1 Å². The van der Waals surface area contributed by atoms with Gasteiger partial charge in [0, 0.05) is 15.9 Å². The maximum atomic E-state index is 12.3. The lowest BCUT2D eigenvalue weighted by Crippen LogP contribution is -2.51. The number of ketones is 1. The van der Waals surface area contributed by atoms with Crippen LogP contribution in [0.3, 0.4) is 0 Å². The SMILES string of the molecule is Cc1cccc(CSC(C)(C)C(N)C(=O)C(C)(C)C)c1. The van der Waals surface area contributed by atoms with Crippen LogP contribution in [0.2, 0.25) is 0 Å². The fourth-order valence-corrected chi connectivity index (χ4v) is 2.95. The maximum absolute atomic E-state index is 12.3. The molecule has 1 rings (SSSR count). The van der Waals surface area contributed by atoms with E-state index >= 15 is 0 Å². The summed E-state index contributed by atoms with van der Waals surface area (Å²) in [6.07, 6.45) is 0. The predicted octanol–water partition coefficient (Wildman–Crippen LogP) is 3.95. The van der Waals surface area contributed by atoms with Crippen molar-refractivity contribution in [2.24, 2.45) is 11.1 Å². The minimum absolute atomic E-state index is 0.124. The van der Waals surface area contributed by atoms with Crippen LogP contribution >= 0.6 is 11.8 Å². The van der Waals surface area contributed by atoms with Crippen molar-refractivity contribution in [1.82, 2.24) is 0 Å². The second kappa shape index (κ2) is 6.31. The molecule has 0 amide bonds. The Morgan fingerprint density at radius 3 is 2.35 bits per heavy atom.